The van der Waals surface area contributed by atoms with Crippen LogP contribution >= 0.6 is 0 Å². The number of ether oxygens (including phenoxy) is 2. The van der Waals surface area contributed by atoms with Crippen molar-refractivity contribution in [2.24, 2.45) is 0 Å². The van der Waals surface area contributed by atoms with Crippen LogP contribution in [0, 0.1) is 0 Å². The van der Waals surface area contributed by atoms with E-state index in [9.17, 15) is 0 Å². The van der Waals surface area contributed by atoms with Crippen molar-refractivity contribution in [3.05, 3.63) is 54.1 Å². The fourth-order valence-corrected chi connectivity index (χ4v) is 1.86. The molecular formula is C16H19NO2. The van der Waals surface area contributed by atoms with Gasteiger partial charge in [-0.15, -0.1) is 0 Å². The SMILES string of the molecule is CCOc1ccc(CNc2ccccc2)cc1OC. The van der Waals surface area contributed by atoms with Crippen LogP contribution in [0.15, 0.2) is 48.5 Å². The molecule has 2 aromatic carbocycles. The van der Waals surface area contributed by atoms with Gasteiger partial charge in [0.25, 0.3) is 0 Å². The lowest BCUT2D eigenvalue weighted by Crippen LogP contribution is -2.01. The van der Waals surface area contributed by atoms with Gasteiger partial charge in [-0.2, -0.15) is 0 Å². The molecule has 0 spiro atoms. The Morgan fingerprint density at radius 1 is 1.00 bits per heavy atom. The zero-order valence-corrected chi connectivity index (χ0v) is 11.3. The van der Waals surface area contributed by atoms with Crippen molar-refractivity contribution in [1.29, 1.82) is 0 Å². The zero-order chi connectivity index (χ0) is 13.5. The van der Waals surface area contributed by atoms with Crippen molar-refractivity contribution in [2.45, 2.75) is 13.5 Å². The van der Waals surface area contributed by atoms with E-state index in [1.54, 1.807) is 7.11 Å². The Morgan fingerprint density at radius 2 is 1.79 bits per heavy atom. The molecule has 0 fully saturated rings. The van der Waals surface area contributed by atoms with Gasteiger partial charge in [0.15, 0.2) is 11.5 Å². The summed E-state index contributed by atoms with van der Waals surface area (Å²) >= 11 is 0. The summed E-state index contributed by atoms with van der Waals surface area (Å²) in [5.74, 6) is 1.56. The maximum Gasteiger partial charge on any atom is 0.161 e. The molecule has 0 unspecified atom stereocenters. The van der Waals surface area contributed by atoms with Gasteiger partial charge < -0.3 is 14.8 Å². The van der Waals surface area contributed by atoms with Crippen LogP contribution in [-0.2, 0) is 6.54 Å². The number of hydrogen-bond acceptors (Lipinski definition) is 3. The molecule has 0 atom stereocenters. The third kappa shape index (κ3) is 3.65. The first-order valence-electron chi connectivity index (χ1n) is 6.42. The molecule has 0 aliphatic heterocycles. The largest absolute Gasteiger partial charge is 0.493 e. The Labute approximate surface area is 114 Å². The number of methoxy groups -OCH3 is 1. The highest BCUT2D eigenvalue weighted by atomic mass is 16.5. The Bertz CT molecular complexity index is 511. The molecular weight excluding hydrogens is 238 g/mol. The minimum atomic E-state index is 0.637. The normalized spacial score (nSPS) is 10.0. The summed E-state index contributed by atoms with van der Waals surface area (Å²) in [6.45, 7) is 3.36. The summed E-state index contributed by atoms with van der Waals surface area (Å²) in [4.78, 5) is 0. The van der Waals surface area contributed by atoms with Crippen LogP contribution in [-0.4, -0.2) is 13.7 Å². The van der Waals surface area contributed by atoms with Gasteiger partial charge in [-0.25, -0.2) is 0 Å². The molecule has 0 radical (unpaired) electrons. The van der Waals surface area contributed by atoms with E-state index in [0.717, 1.165) is 29.3 Å². The molecule has 1 N–H and O–H groups in total. The van der Waals surface area contributed by atoms with Crippen molar-refractivity contribution in [3.63, 3.8) is 0 Å². The van der Waals surface area contributed by atoms with Gasteiger partial charge in [-0.05, 0) is 36.8 Å². The molecule has 0 bridgehead atoms. The average Bonchev–Trinajstić information content (AvgIpc) is 2.47. The lowest BCUT2D eigenvalue weighted by molar-refractivity contribution is 0.310. The van der Waals surface area contributed by atoms with Gasteiger partial charge in [0.1, 0.15) is 0 Å². The van der Waals surface area contributed by atoms with Crippen LogP contribution in [0.3, 0.4) is 0 Å². The van der Waals surface area contributed by atoms with Crippen molar-refractivity contribution in [2.75, 3.05) is 19.0 Å². The Morgan fingerprint density at radius 3 is 2.47 bits per heavy atom. The van der Waals surface area contributed by atoms with Gasteiger partial charge in [0, 0.05) is 12.2 Å². The molecule has 3 nitrogen and oxygen atoms in total. The summed E-state index contributed by atoms with van der Waals surface area (Å²) in [6.07, 6.45) is 0. The molecule has 0 saturated carbocycles. The second-order valence-electron chi connectivity index (χ2n) is 4.14. The summed E-state index contributed by atoms with van der Waals surface area (Å²) in [5.41, 5.74) is 2.26. The Balaban J connectivity index is 2.05. The number of hydrogen-bond donors (Lipinski definition) is 1. The predicted octanol–water partition coefficient (Wildman–Crippen LogP) is 3.71. The Kier molecular flexibility index (Phi) is 4.67. The molecule has 100 valence electrons. The van der Waals surface area contributed by atoms with Crippen LogP contribution in [0.2, 0.25) is 0 Å². The van der Waals surface area contributed by atoms with Crippen LogP contribution in [0.1, 0.15) is 12.5 Å². The molecule has 0 aliphatic rings. The van der Waals surface area contributed by atoms with Gasteiger partial charge in [0.2, 0.25) is 0 Å². The lowest BCUT2D eigenvalue weighted by Gasteiger charge is -2.12. The Hall–Kier alpha value is -2.16. The highest BCUT2D eigenvalue weighted by Gasteiger charge is 2.05. The summed E-state index contributed by atoms with van der Waals surface area (Å²) in [7, 11) is 1.66. The van der Waals surface area contributed by atoms with Crippen molar-refractivity contribution >= 4 is 5.69 Å². The fraction of sp³-hybridized carbons (Fsp3) is 0.250. The number of anilines is 1. The molecule has 0 heterocycles. The predicted molar refractivity (Wildman–Crippen MR) is 77.9 cm³/mol. The standard InChI is InChI=1S/C16H19NO2/c1-3-19-15-10-9-13(11-16(15)18-2)12-17-14-7-5-4-6-8-14/h4-11,17H,3,12H2,1-2H3. The minimum absolute atomic E-state index is 0.637. The summed E-state index contributed by atoms with van der Waals surface area (Å²) < 4.78 is 10.8. The quantitative estimate of drug-likeness (QED) is 0.855. The first kappa shape index (κ1) is 13.3. The molecule has 0 saturated heterocycles. The van der Waals surface area contributed by atoms with Gasteiger partial charge in [-0.3, -0.25) is 0 Å². The van der Waals surface area contributed by atoms with Gasteiger partial charge in [-0.1, -0.05) is 24.3 Å². The molecule has 0 aliphatic carbocycles. The monoisotopic (exact) mass is 257 g/mol. The van der Waals surface area contributed by atoms with E-state index in [1.807, 2.05) is 55.5 Å². The number of para-hydroxylation sites is 1. The van der Waals surface area contributed by atoms with Crippen LogP contribution < -0.4 is 14.8 Å². The second kappa shape index (κ2) is 6.69. The molecule has 0 aromatic heterocycles. The average molecular weight is 257 g/mol. The molecule has 2 rings (SSSR count). The first-order valence-corrected chi connectivity index (χ1v) is 6.42. The maximum atomic E-state index is 5.50. The van der Waals surface area contributed by atoms with Gasteiger partial charge in [0.05, 0.1) is 13.7 Å². The van der Waals surface area contributed by atoms with Crippen LogP contribution in [0.25, 0.3) is 0 Å². The maximum absolute atomic E-state index is 5.50. The van der Waals surface area contributed by atoms with E-state index in [-0.39, 0.29) is 0 Å². The third-order valence-electron chi connectivity index (χ3n) is 2.80. The first-order chi connectivity index (χ1) is 9.33. The van der Waals surface area contributed by atoms with E-state index in [4.69, 9.17) is 9.47 Å². The van der Waals surface area contributed by atoms with Crippen molar-refractivity contribution in [3.8, 4) is 11.5 Å². The zero-order valence-electron chi connectivity index (χ0n) is 11.3. The van der Waals surface area contributed by atoms with E-state index >= 15 is 0 Å². The minimum Gasteiger partial charge on any atom is -0.493 e. The van der Waals surface area contributed by atoms with E-state index in [2.05, 4.69) is 5.32 Å². The number of nitrogens with one attached hydrogen (secondary N) is 1. The van der Waals surface area contributed by atoms with Crippen LogP contribution in [0.5, 0.6) is 11.5 Å². The molecule has 2 aromatic rings. The van der Waals surface area contributed by atoms with Gasteiger partial charge >= 0.3 is 0 Å². The highest BCUT2D eigenvalue weighted by Crippen LogP contribution is 2.28. The van der Waals surface area contributed by atoms with E-state index in [1.165, 1.54) is 0 Å². The smallest absolute Gasteiger partial charge is 0.161 e. The highest BCUT2D eigenvalue weighted by molar-refractivity contribution is 5.46. The van der Waals surface area contributed by atoms with E-state index < -0.39 is 0 Å². The van der Waals surface area contributed by atoms with Crippen molar-refractivity contribution < 1.29 is 9.47 Å². The van der Waals surface area contributed by atoms with Crippen molar-refractivity contribution in [1.82, 2.24) is 0 Å². The lowest BCUT2D eigenvalue weighted by atomic mass is 10.2. The summed E-state index contributed by atoms with van der Waals surface area (Å²) in [6, 6.07) is 16.1. The number of benzene rings is 2. The molecule has 19 heavy (non-hydrogen) atoms. The number of rotatable bonds is 6. The molecule has 0 amide bonds. The van der Waals surface area contributed by atoms with Crippen LogP contribution in [0.4, 0.5) is 5.69 Å². The second-order valence-corrected chi connectivity index (χ2v) is 4.14. The topological polar surface area (TPSA) is 30.5 Å². The molecule has 3 heteroatoms. The third-order valence-corrected chi connectivity index (χ3v) is 2.80. The van der Waals surface area contributed by atoms with E-state index in [0.29, 0.717) is 6.61 Å². The summed E-state index contributed by atoms with van der Waals surface area (Å²) in [5, 5.41) is 3.37. The fourth-order valence-electron chi connectivity index (χ4n) is 1.86.